The van der Waals surface area contributed by atoms with Crippen LogP contribution in [0.4, 0.5) is 26.3 Å². The van der Waals surface area contributed by atoms with E-state index in [4.69, 9.17) is 9.72 Å². The molecular formula is C40H32F6N8O5S. The predicted octanol–water partition coefficient (Wildman–Crippen LogP) is 5.59. The SMILES string of the molecule is O=C(Cn1nc(C(F)F)c2c1C(F)(F)[C@H]1C[C@@H]21)NC(Cc1cc(F)cc(F)c1)c1nc2cc(-c3cnccn3)ccc2c(=O)n1-c1ccc(S(=O)(=O)N2CCOCC2)cc1. The largest absolute Gasteiger partial charge is 0.379 e. The third-order valence-corrected chi connectivity index (χ3v) is 12.8. The quantitative estimate of drug-likeness (QED) is 0.165. The molecule has 1 aliphatic heterocycles. The fraction of sp³-hybridized carbons (Fsp3) is 0.300. The monoisotopic (exact) mass is 850 g/mol. The highest BCUT2D eigenvalue weighted by atomic mass is 32.2. The van der Waals surface area contributed by atoms with Gasteiger partial charge in [0.15, 0.2) is 0 Å². The van der Waals surface area contributed by atoms with Gasteiger partial charge in [-0.15, -0.1) is 0 Å². The standard InChI is InChI=1S/C40H32F6N8O5S/c41-23-13-21(14-24(42)17-23)15-31(49-33(55)20-53-36-34(35(51-53)37(43)44)28-18-29(28)40(36,45)46)38-50-30-16-22(32-19-47-7-8-48-32)1-6-27(30)39(56)54(38)25-2-4-26(5-3-25)60(57,58)52-9-11-59-12-10-52/h1-8,13-14,16-17,19,28-29,31,37H,9-12,15,18,20H2,(H,49,55)/t28-,29+,31?/m1/s1. The summed E-state index contributed by atoms with van der Waals surface area (Å²) in [6.07, 6.45) is 0.804. The van der Waals surface area contributed by atoms with E-state index in [0.29, 0.717) is 22.0 Å². The van der Waals surface area contributed by atoms with E-state index in [1.165, 1.54) is 53.2 Å². The maximum atomic E-state index is 15.4. The first kappa shape index (κ1) is 39.5. The van der Waals surface area contributed by atoms with Crippen molar-refractivity contribution in [3.05, 3.63) is 130 Å². The molecule has 3 aromatic heterocycles. The number of rotatable bonds is 11. The molecule has 1 N–H and O–H groups in total. The topological polar surface area (TPSA) is 154 Å². The molecule has 3 atom stereocenters. The highest BCUT2D eigenvalue weighted by Gasteiger charge is 2.67. The van der Waals surface area contributed by atoms with Crippen LogP contribution in [0.1, 0.15) is 53.1 Å². The molecule has 3 aliphatic rings. The zero-order valence-electron chi connectivity index (χ0n) is 31.1. The number of carbonyl (C=O) groups is 1. The van der Waals surface area contributed by atoms with Crippen molar-refractivity contribution in [1.82, 2.24) is 38.9 Å². The van der Waals surface area contributed by atoms with Crippen molar-refractivity contribution in [3.63, 3.8) is 0 Å². The van der Waals surface area contributed by atoms with E-state index < -0.39 is 87.7 Å². The zero-order chi connectivity index (χ0) is 42.1. The molecule has 4 heterocycles. The van der Waals surface area contributed by atoms with Crippen molar-refractivity contribution in [1.29, 1.82) is 0 Å². The van der Waals surface area contributed by atoms with Crippen LogP contribution in [0.3, 0.4) is 0 Å². The first-order valence-electron chi connectivity index (χ1n) is 18.7. The molecule has 0 radical (unpaired) electrons. The Kier molecular flexibility index (Phi) is 9.82. The summed E-state index contributed by atoms with van der Waals surface area (Å²) in [5.74, 6) is -8.69. The van der Waals surface area contributed by atoms with E-state index in [-0.39, 0.29) is 71.2 Å². The minimum absolute atomic E-state index is 0.00767. The first-order valence-corrected chi connectivity index (χ1v) is 20.2. The first-order chi connectivity index (χ1) is 28.7. The molecule has 20 heteroatoms. The van der Waals surface area contributed by atoms with Gasteiger partial charge in [0, 0.05) is 55.0 Å². The fourth-order valence-corrected chi connectivity index (χ4v) is 9.53. The maximum absolute atomic E-state index is 15.4. The number of benzene rings is 3. The maximum Gasteiger partial charge on any atom is 0.293 e. The Bertz CT molecular complexity index is 2820. The average molecular weight is 851 g/mol. The molecule has 0 spiro atoms. The van der Waals surface area contributed by atoms with E-state index in [2.05, 4.69) is 20.4 Å². The van der Waals surface area contributed by atoms with Gasteiger partial charge in [0.25, 0.3) is 17.9 Å². The van der Waals surface area contributed by atoms with E-state index in [1.54, 1.807) is 12.1 Å². The summed E-state index contributed by atoms with van der Waals surface area (Å²) < 4.78 is 123. The highest BCUT2D eigenvalue weighted by Crippen LogP contribution is 2.68. The summed E-state index contributed by atoms with van der Waals surface area (Å²) in [6.45, 7) is -0.283. The van der Waals surface area contributed by atoms with Crippen LogP contribution in [0.2, 0.25) is 0 Å². The fourth-order valence-electron chi connectivity index (χ4n) is 8.12. The molecule has 9 rings (SSSR count). The van der Waals surface area contributed by atoms with Crippen molar-refractivity contribution in [2.45, 2.75) is 48.6 Å². The van der Waals surface area contributed by atoms with Gasteiger partial charge in [0.2, 0.25) is 15.9 Å². The van der Waals surface area contributed by atoms with Crippen LogP contribution in [0.25, 0.3) is 27.8 Å². The Morgan fingerprint density at radius 3 is 2.40 bits per heavy atom. The summed E-state index contributed by atoms with van der Waals surface area (Å²) in [5, 5.41) is 6.45. The lowest BCUT2D eigenvalue weighted by atomic mass is 10.0. The van der Waals surface area contributed by atoms with Crippen LogP contribution in [-0.4, -0.2) is 74.2 Å². The van der Waals surface area contributed by atoms with Crippen LogP contribution in [0.15, 0.2) is 88.9 Å². The number of nitrogens with zero attached hydrogens (tertiary/aromatic N) is 7. The molecule has 60 heavy (non-hydrogen) atoms. The number of hydrogen-bond donors (Lipinski definition) is 1. The molecular weight excluding hydrogens is 819 g/mol. The normalized spacial score (nSPS) is 19.0. The number of fused-ring (bicyclic) bond motifs is 4. The summed E-state index contributed by atoms with van der Waals surface area (Å²) in [4.78, 5) is 41.7. The van der Waals surface area contributed by atoms with Gasteiger partial charge >= 0.3 is 0 Å². The van der Waals surface area contributed by atoms with Crippen molar-refractivity contribution in [2.75, 3.05) is 26.3 Å². The number of halogens is 6. The lowest BCUT2D eigenvalue weighted by Gasteiger charge is -2.26. The van der Waals surface area contributed by atoms with Gasteiger partial charge in [0.05, 0.1) is 52.6 Å². The number of alkyl halides is 4. The number of sulfonamides is 1. The number of ether oxygens (including phenoxy) is 1. The summed E-state index contributed by atoms with van der Waals surface area (Å²) >= 11 is 0. The zero-order valence-corrected chi connectivity index (χ0v) is 31.9. The molecule has 3 aromatic carbocycles. The number of aromatic nitrogens is 6. The van der Waals surface area contributed by atoms with E-state index in [9.17, 15) is 35.6 Å². The molecule has 2 aliphatic carbocycles. The molecule has 1 saturated carbocycles. The number of morpholine rings is 1. The van der Waals surface area contributed by atoms with Gasteiger partial charge in [-0.05, 0) is 66.4 Å². The van der Waals surface area contributed by atoms with Gasteiger partial charge < -0.3 is 10.1 Å². The summed E-state index contributed by atoms with van der Waals surface area (Å²) in [7, 11) is -3.97. The Morgan fingerprint density at radius 2 is 1.72 bits per heavy atom. The van der Waals surface area contributed by atoms with E-state index in [0.717, 1.165) is 16.7 Å². The molecule has 1 saturated heterocycles. The Labute approximate surface area is 336 Å². The summed E-state index contributed by atoms with van der Waals surface area (Å²) in [6, 6.07) is 11.1. The molecule has 0 bridgehead atoms. The lowest BCUT2D eigenvalue weighted by Crippen LogP contribution is -2.40. The van der Waals surface area contributed by atoms with Crippen molar-refractivity contribution >= 4 is 26.8 Å². The Morgan fingerprint density at radius 1 is 0.983 bits per heavy atom. The van der Waals surface area contributed by atoms with Gasteiger partial charge in [0.1, 0.15) is 35.4 Å². The molecule has 310 valence electrons. The second-order valence-electron chi connectivity index (χ2n) is 14.7. The van der Waals surface area contributed by atoms with Gasteiger partial charge in [-0.2, -0.15) is 18.2 Å². The molecule has 6 aromatic rings. The third kappa shape index (κ3) is 7.00. The Balaban J connectivity index is 1.17. The second-order valence-corrected chi connectivity index (χ2v) is 16.7. The number of amides is 1. The average Bonchev–Trinajstić information content (AvgIpc) is 3.89. The van der Waals surface area contributed by atoms with Crippen molar-refractivity contribution in [3.8, 4) is 16.9 Å². The van der Waals surface area contributed by atoms with Crippen LogP contribution < -0.4 is 10.9 Å². The second kappa shape index (κ2) is 14.9. The molecule has 2 fully saturated rings. The molecule has 13 nitrogen and oxygen atoms in total. The van der Waals surface area contributed by atoms with Gasteiger partial charge in [-0.3, -0.25) is 28.8 Å². The van der Waals surface area contributed by atoms with Crippen LogP contribution in [0.5, 0.6) is 0 Å². The van der Waals surface area contributed by atoms with Gasteiger partial charge in [-0.25, -0.2) is 31.0 Å². The number of hydrogen-bond acceptors (Lipinski definition) is 9. The third-order valence-electron chi connectivity index (χ3n) is 10.9. The number of nitrogens with one attached hydrogen (secondary N) is 1. The smallest absolute Gasteiger partial charge is 0.293 e. The van der Waals surface area contributed by atoms with E-state index >= 15 is 8.78 Å². The van der Waals surface area contributed by atoms with E-state index in [1.807, 2.05) is 0 Å². The van der Waals surface area contributed by atoms with Crippen LogP contribution in [0, 0.1) is 17.6 Å². The van der Waals surface area contributed by atoms with Crippen molar-refractivity contribution < 1.29 is 44.3 Å². The van der Waals surface area contributed by atoms with Crippen LogP contribution in [-0.2, 0) is 38.4 Å². The molecule has 1 unspecified atom stereocenters. The van der Waals surface area contributed by atoms with Crippen LogP contribution >= 0.6 is 0 Å². The number of carbonyl (C=O) groups excluding carboxylic acids is 1. The van der Waals surface area contributed by atoms with Gasteiger partial charge in [-0.1, -0.05) is 6.07 Å². The van der Waals surface area contributed by atoms with Crippen molar-refractivity contribution in [2.24, 2.45) is 5.92 Å². The minimum Gasteiger partial charge on any atom is -0.379 e. The Hall–Kier alpha value is -5.99. The highest BCUT2D eigenvalue weighted by molar-refractivity contribution is 7.89. The predicted molar refractivity (Wildman–Crippen MR) is 201 cm³/mol. The molecule has 1 amide bonds. The lowest BCUT2D eigenvalue weighted by molar-refractivity contribution is -0.123. The minimum atomic E-state index is -3.97. The summed E-state index contributed by atoms with van der Waals surface area (Å²) in [5.41, 5.74) is -1.49.